The molecule has 5 nitrogen and oxygen atoms in total. The third kappa shape index (κ3) is 1.36. The standard InChI is InChI=1S/C10H12O5/c11-5-3-1-2-4-6(5)8(13)10(15)9(14)7(4)12/h1,3,5,7-8,11-15H,2H2. The first kappa shape index (κ1) is 10.2. The molecular formula is C10H12O5. The van der Waals surface area contributed by atoms with Crippen LogP contribution in [-0.2, 0) is 0 Å². The maximum Gasteiger partial charge on any atom is 0.166 e. The average molecular weight is 212 g/mol. The molecule has 2 aliphatic carbocycles. The summed E-state index contributed by atoms with van der Waals surface area (Å²) in [6, 6.07) is 0. The minimum atomic E-state index is -1.44. The zero-order valence-corrected chi connectivity index (χ0v) is 7.83. The molecule has 5 N–H and O–H groups in total. The van der Waals surface area contributed by atoms with Crippen LogP contribution in [0.5, 0.6) is 0 Å². The van der Waals surface area contributed by atoms with E-state index < -0.39 is 29.8 Å². The van der Waals surface area contributed by atoms with Crippen molar-refractivity contribution in [3.63, 3.8) is 0 Å². The van der Waals surface area contributed by atoms with E-state index in [9.17, 15) is 25.5 Å². The van der Waals surface area contributed by atoms with Crippen molar-refractivity contribution in [3.05, 3.63) is 34.8 Å². The predicted octanol–water partition coefficient (Wildman–Crippen LogP) is -0.333. The normalized spacial score (nSPS) is 35.8. The number of aliphatic hydroxyl groups is 5. The smallest absolute Gasteiger partial charge is 0.166 e. The molecular weight excluding hydrogens is 200 g/mol. The zero-order chi connectivity index (χ0) is 11.2. The van der Waals surface area contributed by atoms with Crippen molar-refractivity contribution in [2.75, 3.05) is 0 Å². The number of hydrogen-bond acceptors (Lipinski definition) is 5. The van der Waals surface area contributed by atoms with E-state index in [2.05, 4.69) is 0 Å². The summed E-state index contributed by atoms with van der Waals surface area (Å²) < 4.78 is 0. The van der Waals surface area contributed by atoms with Crippen LogP contribution in [0.1, 0.15) is 6.42 Å². The van der Waals surface area contributed by atoms with Gasteiger partial charge in [0.25, 0.3) is 0 Å². The van der Waals surface area contributed by atoms with Gasteiger partial charge in [-0.05, 0) is 12.0 Å². The van der Waals surface area contributed by atoms with Crippen molar-refractivity contribution >= 4 is 0 Å². The predicted molar refractivity (Wildman–Crippen MR) is 51.1 cm³/mol. The molecule has 15 heavy (non-hydrogen) atoms. The minimum absolute atomic E-state index is 0.153. The van der Waals surface area contributed by atoms with Gasteiger partial charge in [-0.1, -0.05) is 12.2 Å². The lowest BCUT2D eigenvalue weighted by molar-refractivity contribution is 0.0931. The molecule has 0 aromatic carbocycles. The molecule has 2 rings (SSSR count). The first-order chi connectivity index (χ1) is 7.04. The summed E-state index contributed by atoms with van der Waals surface area (Å²) in [6.45, 7) is 0. The summed E-state index contributed by atoms with van der Waals surface area (Å²) in [5.41, 5.74) is 0.494. The Morgan fingerprint density at radius 1 is 1.00 bits per heavy atom. The summed E-state index contributed by atoms with van der Waals surface area (Å²) in [4.78, 5) is 0. The monoisotopic (exact) mass is 212 g/mol. The Morgan fingerprint density at radius 2 is 1.60 bits per heavy atom. The summed E-state index contributed by atoms with van der Waals surface area (Å²) in [5, 5.41) is 47.4. The molecule has 0 spiro atoms. The molecule has 3 unspecified atom stereocenters. The zero-order valence-electron chi connectivity index (χ0n) is 7.83. The van der Waals surface area contributed by atoms with Crippen molar-refractivity contribution in [2.24, 2.45) is 0 Å². The Labute approximate surface area is 85.9 Å². The van der Waals surface area contributed by atoms with Gasteiger partial charge >= 0.3 is 0 Å². The molecule has 0 aliphatic heterocycles. The first-order valence-electron chi connectivity index (χ1n) is 4.59. The van der Waals surface area contributed by atoms with E-state index in [4.69, 9.17) is 0 Å². The van der Waals surface area contributed by atoms with Crippen molar-refractivity contribution in [2.45, 2.75) is 24.7 Å². The van der Waals surface area contributed by atoms with Crippen LogP contribution in [0, 0.1) is 0 Å². The Hall–Kier alpha value is -1.30. The van der Waals surface area contributed by atoms with Crippen LogP contribution in [0.25, 0.3) is 0 Å². The number of aliphatic hydroxyl groups excluding tert-OH is 5. The largest absolute Gasteiger partial charge is 0.506 e. The lowest BCUT2D eigenvalue weighted by Gasteiger charge is -2.31. The maximum absolute atomic E-state index is 9.60. The molecule has 0 radical (unpaired) electrons. The fourth-order valence-electron chi connectivity index (χ4n) is 1.93. The molecule has 0 bridgehead atoms. The Kier molecular flexibility index (Phi) is 2.30. The highest BCUT2D eigenvalue weighted by molar-refractivity contribution is 5.44. The van der Waals surface area contributed by atoms with Gasteiger partial charge in [-0.2, -0.15) is 0 Å². The number of allylic oxidation sites excluding steroid dienone is 1. The van der Waals surface area contributed by atoms with Gasteiger partial charge in [-0.15, -0.1) is 0 Å². The highest BCUT2D eigenvalue weighted by Crippen LogP contribution is 2.34. The molecule has 0 saturated heterocycles. The topological polar surface area (TPSA) is 101 Å². The van der Waals surface area contributed by atoms with Gasteiger partial charge in [-0.25, -0.2) is 0 Å². The second-order valence-corrected chi connectivity index (χ2v) is 3.63. The summed E-state index contributed by atoms with van der Waals surface area (Å²) >= 11 is 0. The minimum Gasteiger partial charge on any atom is -0.506 e. The number of rotatable bonds is 0. The molecule has 3 atom stereocenters. The van der Waals surface area contributed by atoms with Gasteiger partial charge < -0.3 is 25.5 Å². The van der Waals surface area contributed by atoms with E-state index >= 15 is 0 Å². The van der Waals surface area contributed by atoms with Crippen LogP contribution >= 0.6 is 0 Å². The van der Waals surface area contributed by atoms with Crippen LogP contribution < -0.4 is 0 Å². The molecule has 82 valence electrons. The average Bonchev–Trinajstić information content (AvgIpc) is 2.23. The van der Waals surface area contributed by atoms with Crippen molar-refractivity contribution in [3.8, 4) is 0 Å². The lowest BCUT2D eigenvalue weighted by atomic mass is 9.82. The van der Waals surface area contributed by atoms with Crippen LogP contribution in [0.2, 0.25) is 0 Å². The highest BCUT2D eigenvalue weighted by Gasteiger charge is 2.37. The van der Waals surface area contributed by atoms with E-state index in [0.29, 0.717) is 12.0 Å². The molecule has 0 heterocycles. The lowest BCUT2D eigenvalue weighted by Crippen LogP contribution is -2.36. The molecule has 0 fully saturated rings. The molecule has 0 saturated carbocycles. The Bertz CT molecular complexity index is 379. The molecule has 2 aliphatic rings. The molecule has 5 heteroatoms. The van der Waals surface area contributed by atoms with Gasteiger partial charge in [0.1, 0.15) is 12.2 Å². The summed E-state index contributed by atoms with van der Waals surface area (Å²) in [5.74, 6) is -1.35. The summed E-state index contributed by atoms with van der Waals surface area (Å²) in [7, 11) is 0. The van der Waals surface area contributed by atoms with Crippen LogP contribution in [-0.4, -0.2) is 43.8 Å². The third-order valence-corrected chi connectivity index (χ3v) is 2.75. The fraction of sp³-hybridized carbons (Fsp3) is 0.400. The van der Waals surface area contributed by atoms with Gasteiger partial charge in [0, 0.05) is 5.57 Å². The van der Waals surface area contributed by atoms with Crippen molar-refractivity contribution < 1.29 is 25.5 Å². The van der Waals surface area contributed by atoms with Crippen LogP contribution in [0.15, 0.2) is 34.8 Å². The van der Waals surface area contributed by atoms with Crippen LogP contribution in [0.4, 0.5) is 0 Å². The number of hydrogen-bond donors (Lipinski definition) is 5. The van der Waals surface area contributed by atoms with E-state index in [0.717, 1.165) is 0 Å². The van der Waals surface area contributed by atoms with Crippen molar-refractivity contribution in [1.82, 2.24) is 0 Å². The maximum atomic E-state index is 9.60. The second kappa shape index (κ2) is 3.37. The van der Waals surface area contributed by atoms with E-state index in [-0.39, 0.29) is 5.57 Å². The van der Waals surface area contributed by atoms with Gasteiger partial charge in [0.2, 0.25) is 0 Å². The molecule has 0 amide bonds. The first-order valence-corrected chi connectivity index (χ1v) is 4.59. The van der Waals surface area contributed by atoms with Crippen LogP contribution in [0.3, 0.4) is 0 Å². The Balaban J connectivity index is 2.47. The van der Waals surface area contributed by atoms with Crippen molar-refractivity contribution in [1.29, 1.82) is 0 Å². The quantitative estimate of drug-likeness (QED) is 0.354. The third-order valence-electron chi connectivity index (χ3n) is 2.75. The second-order valence-electron chi connectivity index (χ2n) is 3.63. The van der Waals surface area contributed by atoms with E-state index in [1.54, 1.807) is 6.08 Å². The molecule has 0 aromatic rings. The summed E-state index contributed by atoms with van der Waals surface area (Å²) in [6.07, 6.45) is -0.387. The molecule has 0 aromatic heterocycles. The fourth-order valence-corrected chi connectivity index (χ4v) is 1.93. The van der Waals surface area contributed by atoms with Gasteiger partial charge in [0.05, 0.1) is 6.10 Å². The van der Waals surface area contributed by atoms with Gasteiger partial charge in [0.15, 0.2) is 11.5 Å². The Morgan fingerprint density at radius 3 is 2.27 bits per heavy atom. The SMILES string of the molecule is OC1=C(O)C(O)C2=C(CC=CC2O)C1O. The van der Waals surface area contributed by atoms with E-state index in [1.165, 1.54) is 6.08 Å². The van der Waals surface area contributed by atoms with Gasteiger partial charge in [-0.3, -0.25) is 0 Å². The van der Waals surface area contributed by atoms with E-state index in [1.807, 2.05) is 0 Å². The highest BCUT2D eigenvalue weighted by atomic mass is 16.4.